The molecular formula is C15H15ClN2O5S2. The van der Waals surface area contributed by atoms with E-state index in [1.807, 2.05) is 0 Å². The quantitative estimate of drug-likeness (QED) is 0.745. The van der Waals surface area contributed by atoms with Crippen LogP contribution in [0.25, 0.3) is 0 Å². The van der Waals surface area contributed by atoms with Crippen LogP contribution >= 0.6 is 22.9 Å². The van der Waals surface area contributed by atoms with E-state index in [1.165, 1.54) is 18.2 Å². The largest absolute Gasteiger partial charge is 0.466 e. The number of halogens is 1. The first-order valence-electron chi connectivity index (χ1n) is 7.11. The van der Waals surface area contributed by atoms with Crippen molar-refractivity contribution in [2.24, 2.45) is 0 Å². The van der Waals surface area contributed by atoms with Gasteiger partial charge in [0.25, 0.3) is 5.91 Å². The first kappa shape index (κ1) is 19.4. The number of sulfone groups is 1. The van der Waals surface area contributed by atoms with Gasteiger partial charge in [0.2, 0.25) is 0 Å². The van der Waals surface area contributed by atoms with Crippen LogP contribution in [0, 0.1) is 0 Å². The highest BCUT2D eigenvalue weighted by atomic mass is 35.5. The number of carbonyl (C=O) groups is 2. The Morgan fingerprint density at radius 1 is 1.36 bits per heavy atom. The fourth-order valence-electron chi connectivity index (χ4n) is 1.90. The lowest BCUT2D eigenvalue weighted by atomic mass is 10.2. The third-order valence-electron chi connectivity index (χ3n) is 3.00. The maximum atomic E-state index is 12.3. The summed E-state index contributed by atoms with van der Waals surface area (Å²) in [5.41, 5.74) is 0.610. The fourth-order valence-corrected chi connectivity index (χ4v) is 3.91. The summed E-state index contributed by atoms with van der Waals surface area (Å²) in [5, 5.41) is 4.53. The van der Waals surface area contributed by atoms with Gasteiger partial charge in [-0.2, -0.15) is 0 Å². The average Bonchev–Trinajstić information content (AvgIpc) is 2.93. The first-order chi connectivity index (χ1) is 11.7. The summed E-state index contributed by atoms with van der Waals surface area (Å²) >= 11 is 7.01. The maximum Gasteiger partial charge on any atom is 0.311 e. The van der Waals surface area contributed by atoms with Crippen molar-refractivity contribution in [2.75, 3.05) is 18.2 Å². The third-order valence-corrected chi connectivity index (χ3v) is 5.38. The molecule has 1 heterocycles. The predicted octanol–water partition coefficient (Wildman–Crippen LogP) is 2.56. The minimum absolute atomic E-state index is 0.0133. The van der Waals surface area contributed by atoms with Crippen molar-refractivity contribution in [1.29, 1.82) is 0 Å². The van der Waals surface area contributed by atoms with E-state index in [0.29, 0.717) is 10.8 Å². The second-order valence-electron chi connectivity index (χ2n) is 5.00. The molecule has 1 aromatic heterocycles. The molecule has 7 nitrogen and oxygen atoms in total. The molecule has 0 aliphatic heterocycles. The van der Waals surface area contributed by atoms with Crippen LogP contribution in [-0.2, 0) is 25.8 Å². The van der Waals surface area contributed by atoms with E-state index in [9.17, 15) is 18.0 Å². The fraction of sp³-hybridized carbons (Fsp3) is 0.267. The lowest BCUT2D eigenvalue weighted by molar-refractivity contribution is -0.142. The molecule has 0 atom stereocenters. The molecule has 0 unspecified atom stereocenters. The van der Waals surface area contributed by atoms with Crippen LogP contribution in [0.2, 0.25) is 5.02 Å². The summed E-state index contributed by atoms with van der Waals surface area (Å²) < 4.78 is 28.2. The number of carbonyl (C=O) groups excluding carboxylic acids is 2. The predicted molar refractivity (Wildman–Crippen MR) is 95.0 cm³/mol. The minimum atomic E-state index is -3.55. The molecule has 0 aliphatic rings. The van der Waals surface area contributed by atoms with Crippen LogP contribution in [0.4, 0.5) is 5.13 Å². The second kappa shape index (κ2) is 7.94. The van der Waals surface area contributed by atoms with Gasteiger partial charge < -0.3 is 4.74 Å². The van der Waals surface area contributed by atoms with Crippen molar-refractivity contribution in [1.82, 2.24) is 4.98 Å². The van der Waals surface area contributed by atoms with E-state index >= 15 is 0 Å². The summed E-state index contributed by atoms with van der Waals surface area (Å²) in [5.74, 6) is -0.931. The third kappa shape index (κ3) is 5.25. The van der Waals surface area contributed by atoms with Crippen molar-refractivity contribution in [2.45, 2.75) is 18.2 Å². The standard InChI is InChI=1S/C15H15ClN2O5S2/c1-3-23-13(19)7-10-8-24-15(17-10)18-14(20)9-4-5-11(16)12(6-9)25(2,21)22/h4-6,8H,3,7H2,1-2H3,(H,17,18,20). The van der Waals surface area contributed by atoms with Crippen molar-refractivity contribution in [3.8, 4) is 0 Å². The van der Waals surface area contributed by atoms with Gasteiger partial charge in [-0.3, -0.25) is 14.9 Å². The van der Waals surface area contributed by atoms with Crippen LogP contribution < -0.4 is 5.32 Å². The molecule has 1 aromatic carbocycles. The molecular weight excluding hydrogens is 388 g/mol. The Morgan fingerprint density at radius 2 is 2.08 bits per heavy atom. The van der Waals surface area contributed by atoms with Crippen LogP contribution in [0.1, 0.15) is 23.0 Å². The molecule has 25 heavy (non-hydrogen) atoms. The number of ether oxygens (including phenoxy) is 1. The SMILES string of the molecule is CCOC(=O)Cc1csc(NC(=O)c2ccc(Cl)c(S(C)(=O)=O)c2)n1. The lowest BCUT2D eigenvalue weighted by Crippen LogP contribution is -2.13. The number of hydrogen-bond donors (Lipinski definition) is 1. The molecule has 0 spiro atoms. The Hall–Kier alpha value is -1.97. The van der Waals surface area contributed by atoms with Gasteiger partial charge in [0.05, 0.1) is 28.6 Å². The molecule has 1 N–H and O–H groups in total. The van der Waals surface area contributed by atoms with E-state index in [-0.39, 0.29) is 28.5 Å². The molecule has 2 aromatic rings. The van der Waals surface area contributed by atoms with E-state index in [4.69, 9.17) is 16.3 Å². The maximum absolute atomic E-state index is 12.3. The van der Waals surface area contributed by atoms with Crippen LogP contribution in [-0.4, -0.2) is 38.1 Å². The average molecular weight is 403 g/mol. The van der Waals surface area contributed by atoms with Crippen molar-refractivity contribution in [3.05, 3.63) is 39.9 Å². The molecule has 0 saturated heterocycles. The number of nitrogens with one attached hydrogen (secondary N) is 1. The number of esters is 1. The van der Waals surface area contributed by atoms with Crippen LogP contribution in [0.15, 0.2) is 28.5 Å². The van der Waals surface area contributed by atoms with Gasteiger partial charge in [0, 0.05) is 17.2 Å². The van der Waals surface area contributed by atoms with Gasteiger partial charge in [-0.15, -0.1) is 11.3 Å². The van der Waals surface area contributed by atoms with E-state index in [1.54, 1.807) is 12.3 Å². The van der Waals surface area contributed by atoms with Crippen molar-refractivity contribution < 1.29 is 22.7 Å². The van der Waals surface area contributed by atoms with Gasteiger partial charge in [0.1, 0.15) is 0 Å². The number of benzene rings is 1. The number of rotatable bonds is 6. The van der Waals surface area contributed by atoms with Gasteiger partial charge in [0.15, 0.2) is 15.0 Å². The van der Waals surface area contributed by atoms with E-state index in [0.717, 1.165) is 17.6 Å². The van der Waals surface area contributed by atoms with E-state index in [2.05, 4.69) is 10.3 Å². The van der Waals surface area contributed by atoms with Crippen molar-refractivity contribution in [3.63, 3.8) is 0 Å². The Bertz CT molecular complexity index is 908. The number of hydrogen-bond acceptors (Lipinski definition) is 7. The molecule has 0 saturated carbocycles. The number of thiazole rings is 1. The molecule has 134 valence electrons. The smallest absolute Gasteiger partial charge is 0.311 e. The second-order valence-corrected chi connectivity index (χ2v) is 8.25. The monoisotopic (exact) mass is 402 g/mol. The molecule has 0 aliphatic carbocycles. The highest BCUT2D eigenvalue weighted by Gasteiger charge is 2.17. The Labute approximate surface area is 153 Å². The summed E-state index contributed by atoms with van der Waals surface area (Å²) in [6.45, 7) is 1.99. The zero-order valence-electron chi connectivity index (χ0n) is 13.4. The summed E-state index contributed by atoms with van der Waals surface area (Å²) in [6.07, 6.45) is 1.03. The molecule has 1 amide bonds. The molecule has 0 bridgehead atoms. The molecule has 0 radical (unpaired) electrons. The van der Waals surface area contributed by atoms with Crippen LogP contribution in [0.5, 0.6) is 0 Å². The molecule has 10 heteroatoms. The number of aromatic nitrogens is 1. The summed E-state index contributed by atoms with van der Waals surface area (Å²) in [7, 11) is -3.55. The Kier molecular flexibility index (Phi) is 6.15. The lowest BCUT2D eigenvalue weighted by Gasteiger charge is -2.06. The van der Waals surface area contributed by atoms with Gasteiger partial charge in [-0.1, -0.05) is 11.6 Å². The van der Waals surface area contributed by atoms with Crippen LogP contribution in [0.3, 0.4) is 0 Å². The van der Waals surface area contributed by atoms with Gasteiger partial charge in [-0.25, -0.2) is 13.4 Å². The minimum Gasteiger partial charge on any atom is -0.466 e. The Morgan fingerprint density at radius 3 is 2.72 bits per heavy atom. The van der Waals surface area contributed by atoms with Gasteiger partial charge >= 0.3 is 5.97 Å². The summed E-state index contributed by atoms with van der Waals surface area (Å²) in [4.78, 5) is 27.7. The molecule has 0 fully saturated rings. The Balaban J connectivity index is 2.13. The highest BCUT2D eigenvalue weighted by Crippen LogP contribution is 2.23. The summed E-state index contributed by atoms with van der Waals surface area (Å²) in [6, 6.07) is 3.97. The van der Waals surface area contributed by atoms with Gasteiger partial charge in [-0.05, 0) is 25.1 Å². The normalized spacial score (nSPS) is 11.2. The zero-order valence-corrected chi connectivity index (χ0v) is 15.8. The number of anilines is 1. The van der Waals surface area contributed by atoms with E-state index < -0.39 is 21.7 Å². The number of amides is 1. The first-order valence-corrected chi connectivity index (χ1v) is 10.3. The van der Waals surface area contributed by atoms with Crippen molar-refractivity contribution >= 4 is 49.8 Å². The molecule has 2 rings (SSSR count). The highest BCUT2D eigenvalue weighted by molar-refractivity contribution is 7.90. The number of nitrogens with zero attached hydrogens (tertiary/aromatic N) is 1. The topological polar surface area (TPSA) is 102 Å². The zero-order chi connectivity index (χ0) is 18.6.